The van der Waals surface area contributed by atoms with Gasteiger partial charge in [0.1, 0.15) is 6.10 Å². The zero-order valence-corrected chi connectivity index (χ0v) is 33.7. The third-order valence-electron chi connectivity index (χ3n) is 16.3. The van der Waals surface area contributed by atoms with Crippen molar-refractivity contribution in [2.45, 2.75) is 152 Å². The Balaban J connectivity index is 1.23. The van der Waals surface area contributed by atoms with E-state index < -0.39 is 23.5 Å². The number of allylic oxidation sites excluding steroid dienone is 1. The maximum absolute atomic E-state index is 13.1. The first kappa shape index (κ1) is 38.8. The lowest BCUT2D eigenvalue weighted by molar-refractivity contribution is -0.235. The van der Waals surface area contributed by atoms with Crippen molar-refractivity contribution in [3.63, 3.8) is 0 Å². The predicted molar refractivity (Wildman–Crippen MR) is 204 cm³/mol. The van der Waals surface area contributed by atoms with Crippen LogP contribution in [0.1, 0.15) is 139 Å². The highest BCUT2D eigenvalue weighted by Crippen LogP contribution is 2.77. The van der Waals surface area contributed by atoms with Gasteiger partial charge in [-0.1, -0.05) is 83.3 Å². The molecule has 0 aliphatic heterocycles. The van der Waals surface area contributed by atoms with Crippen molar-refractivity contribution in [1.82, 2.24) is 5.32 Å². The number of carboxylic acids is 1. The molecule has 0 amide bonds. The molecule has 0 bridgehead atoms. The monoisotopic (exact) mass is 723 g/mol. The third kappa shape index (κ3) is 6.23. The molecule has 284 valence electrons. The zero-order chi connectivity index (χ0) is 37.4. The molecule has 0 spiro atoms. The Hall–Kier alpha value is -1.89. The van der Waals surface area contributed by atoms with E-state index in [-0.39, 0.29) is 39.6 Å². The van der Waals surface area contributed by atoms with Crippen molar-refractivity contribution >= 4 is 23.5 Å². The number of carboxylic acid groups (broad SMARTS) is 1. The first-order valence-electron chi connectivity index (χ1n) is 20.0. The van der Waals surface area contributed by atoms with Gasteiger partial charge >= 0.3 is 11.9 Å². The van der Waals surface area contributed by atoms with Crippen molar-refractivity contribution in [3.05, 3.63) is 46.0 Å². The van der Waals surface area contributed by atoms with Crippen LogP contribution < -0.4 is 5.32 Å². The van der Waals surface area contributed by atoms with Crippen LogP contribution in [0.2, 0.25) is 5.02 Å². The van der Waals surface area contributed by atoms with Crippen LogP contribution in [0, 0.1) is 56.2 Å². The fourth-order valence-corrected chi connectivity index (χ4v) is 13.3. The van der Waals surface area contributed by atoms with Crippen LogP contribution in [0.4, 0.5) is 0 Å². The number of ether oxygens (including phenoxy) is 1. The van der Waals surface area contributed by atoms with E-state index in [4.69, 9.17) is 16.3 Å². The van der Waals surface area contributed by atoms with Crippen LogP contribution in [0.5, 0.6) is 0 Å². The molecule has 0 heterocycles. The van der Waals surface area contributed by atoms with Crippen molar-refractivity contribution in [1.29, 1.82) is 0 Å². The van der Waals surface area contributed by atoms with Crippen LogP contribution >= 0.6 is 11.6 Å². The summed E-state index contributed by atoms with van der Waals surface area (Å²) in [4.78, 5) is 24.8. The lowest BCUT2D eigenvalue weighted by Gasteiger charge is -2.72. The highest BCUT2D eigenvalue weighted by atomic mass is 35.5. The van der Waals surface area contributed by atoms with E-state index in [2.05, 4.69) is 65.9 Å². The van der Waals surface area contributed by atoms with Gasteiger partial charge in [-0.2, -0.15) is 0 Å². The molecule has 0 aromatic heterocycles. The Morgan fingerprint density at radius 3 is 2.25 bits per heavy atom. The predicted octanol–water partition coefficient (Wildman–Crippen LogP) is 10.0. The molecule has 5 aliphatic carbocycles. The lowest BCUT2D eigenvalue weighted by atomic mass is 9.33. The molecule has 1 aromatic carbocycles. The molecule has 7 heteroatoms. The van der Waals surface area contributed by atoms with Crippen LogP contribution in [0.15, 0.2) is 35.4 Å². The number of nitrogens with one attached hydrogen (secondary N) is 1. The fraction of sp³-hybridized carbons (Fsp3) is 0.773. The van der Waals surface area contributed by atoms with E-state index in [1.807, 2.05) is 12.1 Å². The summed E-state index contributed by atoms with van der Waals surface area (Å²) in [6.07, 6.45) is 10.2. The van der Waals surface area contributed by atoms with E-state index in [9.17, 15) is 19.8 Å². The number of halogens is 1. The number of carbonyl (C=O) groups excluding carboxylic acids is 1. The van der Waals surface area contributed by atoms with E-state index in [0.29, 0.717) is 30.2 Å². The van der Waals surface area contributed by atoms with Gasteiger partial charge in [-0.05, 0) is 136 Å². The normalized spacial score (nSPS) is 38.0. The number of rotatable bonds is 10. The SMILES string of the molecule is CC(C)C1=C2C3CCC4C5(C)CCC(OC(=O)CC(C)(C)C(=O)O)C(C)(C)C5CCC4(C)C3(C)CCC2(C(O)CNCc2ccc(Cl)cc2)CC1. The second kappa shape index (κ2) is 13.4. The van der Waals surface area contributed by atoms with E-state index in [1.165, 1.54) is 24.8 Å². The van der Waals surface area contributed by atoms with Gasteiger partial charge < -0.3 is 20.3 Å². The second-order valence-corrected chi connectivity index (χ2v) is 20.3. The largest absolute Gasteiger partial charge is 0.481 e. The van der Waals surface area contributed by atoms with Gasteiger partial charge in [0.25, 0.3) is 0 Å². The van der Waals surface area contributed by atoms with E-state index in [1.54, 1.807) is 25.0 Å². The summed E-state index contributed by atoms with van der Waals surface area (Å²) in [6.45, 7) is 21.7. The Morgan fingerprint density at radius 2 is 1.61 bits per heavy atom. The maximum Gasteiger partial charge on any atom is 0.309 e. The average molecular weight is 724 g/mol. The molecule has 0 saturated heterocycles. The third-order valence-corrected chi connectivity index (χ3v) is 16.6. The minimum Gasteiger partial charge on any atom is -0.481 e. The quantitative estimate of drug-likeness (QED) is 0.164. The van der Waals surface area contributed by atoms with Crippen LogP contribution in [0.25, 0.3) is 0 Å². The number of hydrogen-bond acceptors (Lipinski definition) is 5. The number of benzene rings is 1. The number of aliphatic carboxylic acids is 1. The molecule has 51 heavy (non-hydrogen) atoms. The van der Waals surface area contributed by atoms with Gasteiger partial charge in [-0.25, -0.2) is 0 Å². The first-order valence-corrected chi connectivity index (χ1v) is 20.4. The number of hydrogen-bond donors (Lipinski definition) is 3. The molecule has 6 nitrogen and oxygen atoms in total. The van der Waals surface area contributed by atoms with Gasteiger partial charge in [0.2, 0.25) is 0 Å². The standard InChI is InChI=1S/C44H66ClNO5/c1-27(2)30-16-21-44(34(47)26-46-25-28-10-12-29(45)13-11-28)23-22-42(8)31(37(30)44)14-15-33-41(7)19-18-35(51-36(48)24-39(3,4)38(49)50)40(5,6)32(41)17-20-43(33,42)9/h10-13,27,31-35,46-47H,14-26H2,1-9H3,(H,49,50). The molecular weight excluding hydrogens is 658 g/mol. The molecule has 9 atom stereocenters. The van der Waals surface area contributed by atoms with Crippen LogP contribution in [-0.4, -0.2) is 40.9 Å². The molecule has 1 aromatic rings. The maximum atomic E-state index is 13.1. The Bertz CT molecular complexity index is 1530. The van der Waals surface area contributed by atoms with Crippen molar-refractivity contribution in [3.8, 4) is 0 Å². The molecule has 5 aliphatic rings. The Morgan fingerprint density at radius 1 is 0.922 bits per heavy atom. The molecular formula is C44H66ClNO5. The smallest absolute Gasteiger partial charge is 0.309 e. The molecule has 9 unspecified atom stereocenters. The number of aliphatic hydroxyl groups excluding tert-OH is 1. The summed E-state index contributed by atoms with van der Waals surface area (Å²) in [5, 5.41) is 26.1. The molecule has 6 rings (SSSR count). The average Bonchev–Trinajstić information content (AvgIpc) is 3.45. The van der Waals surface area contributed by atoms with Gasteiger partial charge in [-0.15, -0.1) is 0 Å². The first-order chi connectivity index (χ1) is 23.7. The topological polar surface area (TPSA) is 95.9 Å². The number of aliphatic hydroxyl groups is 1. The van der Waals surface area contributed by atoms with Crippen LogP contribution in [0.3, 0.4) is 0 Å². The highest BCUT2D eigenvalue weighted by Gasteiger charge is 2.70. The summed E-state index contributed by atoms with van der Waals surface area (Å²) in [7, 11) is 0. The lowest BCUT2D eigenvalue weighted by Crippen LogP contribution is -2.66. The number of fused-ring (bicyclic) bond motifs is 7. The van der Waals surface area contributed by atoms with E-state index in [0.717, 1.165) is 56.5 Å². The van der Waals surface area contributed by atoms with Crippen molar-refractivity contribution in [2.75, 3.05) is 6.54 Å². The minimum absolute atomic E-state index is 0.111. The zero-order valence-electron chi connectivity index (χ0n) is 33.0. The van der Waals surface area contributed by atoms with Gasteiger partial charge in [-0.3, -0.25) is 9.59 Å². The van der Waals surface area contributed by atoms with Gasteiger partial charge in [0, 0.05) is 28.9 Å². The number of carbonyl (C=O) groups is 2. The summed E-state index contributed by atoms with van der Waals surface area (Å²) < 4.78 is 6.18. The van der Waals surface area contributed by atoms with Crippen molar-refractivity contribution in [2.24, 2.45) is 56.2 Å². The summed E-state index contributed by atoms with van der Waals surface area (Å²) in [5.41, 5.74) is 3.42. The minimum atomic E-state index is -1.14. The fourth-order valence-electron chi connectivity index (χ4n) is 13.2. The van der Waals surface area contributed by atoms with Crippen molar-refractivity contribution < 1.29 is 24.5 Å². The Kier molecular flexibility index (Phi) is 10.2. The second-order valence-electron chi connectivity index (χ2n) is 19.8. The molecule has 4 fully saturated rings. The molecule has 3 N–H and O–H groups in total. The molecule has 4 saturated carbocycles. The van der Waals surface area contributed by atoms with Gasteiger partial charge in [0.15, 0.2) is 0 Å². The highest BCUT2D eigenvalue weighted by molar-refractivity contribution is 6.30. The number of esters is 1. The van der Waals surface area contributed by atoms with E-state index >= 15 is 0 Å². The van der Waals surface area contributed by atoms with Crippen LogP contribution in [-0.2, 0) is 20.9 Å². The summed E-state index contributed by atoms with van der Waals surface area (Å²) in [5.74, 6) is 0.611. The summed E-state index contributed by atoms with van der Waals surface area (Å²) in [6, 6.07) is 7.98. The molecule has 0 radical (unpaired) electrons. The van der Waals surface area contributed by atoms with Gasteiger partial charge in [0.05, 0.1) is 17.9 Å². The summed E-state index contributed by atoms with van der Waals surface area (Å²) >= 11 is 6.12. The Labute approximate surface area is 312 Å².